The summed E-state index contributed by atoms with van der Waals surface area (Å²) in [7, 11) is 0. The lowest BCUT2D eigenvalue weighted by molar-refractivity contribution is -0.147. The number of benzene rings is 1. The summed E-state index contributed by atoms with van der Waals surface area (Å²) in [6.07, 6.45) is 3.31. The number of carbonyl (C=O) groups excluding carboxylic acids is 1. The molecule has 0 radical (unpaired) electrons. The molecular weight excluding hydrogens is 270 g/mol. The van der Waals surface area contributed by atoms with E-state index < -0.39 is 17.8 Å². The van der Waals surface area contributed by atoms with E-state index in [-0.39, 0.29) is 13.0 Å². The minimum Gasteiger partial charge on any atom is -0.481 e. The molecule has 1 rings (SSSR count). The molecule has 0 bridgehead atoms. The number of hydroxylamine groups is 1. The van der Waals surface area contributed by atoms with Crippen LogP contribution in [-0.4, -0.2) is 17.0 Å². The third-order valence-electron chi connectivity index (χ3n) is 3.20. The van der Waals surface area contributed by atoms with Crippen LogP contribution < -0.4 is 5.48 Å². The predicted molar refractivity (Wildman–Crippen MR) is 79.3 cm³/mol. The van der Waals surface area contributed by atoms with Gasteiger partial charge in [-0.15, -0.1) is 0 Å². The zero-order chi connectivity index (χ0) is 15.5. The highest BCUT2D eigenvalue weighted by molar-refractivity contribution is 5.81. The Kier molecular flexibility index (Phi) is 8.12. The average molecular weight is 293 g/mol. The van der Waals surface area contributed by atoms with Gasteiger partial charge in [0.25, 0.3) is 0 Å². The lowest BCUT2D eigenvalue weighted by Gasteiger charge is -2.12. The molecule has 5 heteroatoms. The van der Waals surface area contributed by atoms with Crippen LogP contribution in [0.2, 0.25) is 0 Å². The molecule has 0 saturated carbocycles. The van der Waals surface area contributed by atoms with Gasteiger partial charge in [0.2, 0.25) is 5.91 Å². The van der Waals surface area contributed by atoms with E-state index in [1.165, 1.54) is 0 Å². The number of nitrogens with one attached hydrogen (secondary N) is 1. The van der Waals surface area contributed by atoms with Crippen LogP contribution in [-0.2, 0) is 21.0 Å². The van der Waals surface area contributed by atoms with E-state index in [0.29, 0.717) is 6.42 Å². The van der Waals surface area contributed by atoms with E-state index in [2.05, 4.69) is 12.4 Å². The number of carboxylic acid groups (broad SMARTS) is 1. The van der Waals surface area contributed by atoms with Gasteiger partial charge in [-0.25, -0.2) is 5.48 Å². The van der Waals surface area contributed by atoms with Gasteiger partial charge in [-0.05, 0) is 12.0 Å². The van der Waals surface area contributed by atoms with Crippen LogP contribution >= 0.6 is 0 Å². The molecule has 1 aromatic rings. The molecule has 0 aliphatic heterocycles. The number of hydrogen-bond acceptors (Lipinski definition) is 3. The summed E-state index contributed by atoms with van der Waals surface area (Å²) in [5, 5.41) is 9.10. The molecule has 116 valence electrons. The van der Waals surface area contributed by atoms with Gasteiger partial charge in [0.15, 0.2) is 0 Å². The Balaban J connectivity index is 2.28. The Bertz CT molecular complexity index is 433. The molecule has 0 aliphatic rings. The van der Waals surface area contributed by atoms with Crippen molar-refractivity contribution in [1.82, 2.24) is 5.48 Å². The van der Waals surface area contributed by atoms with E-state index in [4.69, 9.17) is 9.94 Å². The summed E-state index contributed by atoms with van der Waals surface area (Å²) < 4.78 is 0. The fourth-order valence-corrected chi connectivity index (χ4v) is 1.99. The number of rotatable bonds is 10. The summed E-state index contributed by atoms with van der Waals surface area (Å²) in [5.41, 5.74) is 3.24. The van der Waals surface area contributed by atoms with Gasteiger partial charge in [-0.3, -0.25) is 14.4 Å². The molecule has 5 nitrogen and oxygen atoms in total. The number of hydrogen-bond donors (Lipinski definition) is 2. The van der Waals surface area contributed by atoms with Crippen molar-refractivity contribution in [2.24, 2.45) is 5.92 Å². The molecule has 21 heavy (non-hydrogen) atoms. The first kappa shape index (κ1) is 17.2. The molecule has 0 saturated heterocycles. The zero-order valence-corrected chi connectivity index (χ0v) is 12.4. The molecule has 0 spiro atoms. The van der Waals surface area contributed by atoms with Crippen LogP contribution in [0.25, 0.3) is 0 Å². The van der Waals surface area contributed by atoms with E-state index in [1.54, 1.807) is 0 Å². The van der Waals surface area contributed by atoms with Gasteiger partial charge in [0.1, 0.15) is 0 Å². The molecule has 0 aromatic heterocycles. The quantitative estimate of drug-likeness (QED) is 0.514. The maximum Gasteiger partial charge on any atom is 0.307 e. The smallest absolute Gasteiger partial charge is 0.307 e. The fraction of sp³-hybridized carbons (Fsp3) is 0.500. The van der Waals surface area contributed by atoms with Crippen molar-refractivity contribution in [3.8, 4) is 0 Å². The van der Waals surface area contributed by atoms with Gasteiger partial charge in [-0.1, -0.05) is 56.5 Å². The maximum atomic E-state index is 11.7. The fourth-order valence-electron chi connectivity index (χ4n) is 1.99. The van der Waals surface area contributed by atoms with Gasteiger partial charge in [0, 0.05) is 6.42 Å². The van der Waals surface area contributed by atoms with Crippen LogP contribution in [0.5, 0.6) is 0 Å². The minimum absolute atomic E-state index is 0.0478. The average Bonchev–Trinajstić information content (AvgIpc) is 2.47. The molecule has 0 fully saturated rings. The highest BCUT2D eigenvalue weighted by Crippen LogP contribution is 2.14. The lowest BCUT2D eigenvalue weighted by Crippen LogP contribution is -2.28. The summed E-state index contributed by atoms with van der Waals surface area (Å²) in [6, 6.07) is 9.44. The summed E-state index contributed by atoms with van der Waals surface area (Å²) in [6.45, 7) is 2.32. The van der Waals surface area contributed by atoms with Crippen LogP contribution in [0.15, 0.2) is 30.3 Å². The molecular formula is C16H23NO4. The third-order valence-corrected chi connectivity index (χ3v) is 3.20. The van der Waals surface area contributed by atoms with Crippen molar-refractivity contribution in [3.63, 3.8) is 0 Å². The number of carbonyl (C=O) groups is 2. The number of carboxylic acids is 1. The van der Waals surface area contributed by atoms with Crippen LogP contribution in [0, 0.1) is 5.92 Å². The van der Waals surface area contributed by atoms with E-state index in [9.17, 15) is 9.59 Å². The first-order valence-electron chi connectivity index (χ1n) is 7.30. The Morgan fingerprint density at radius 2 is 1.95 bits per heavy atom. The van der Waals surface area contributed by atoms with Gasteiger partial charge in [0.05, 0.1) is 12.5 Å². The second-order valence-electron chi connectivity index (χ2n) is 5.03. The van der Waals surface area contributed by atoms with Crippen molar-refractivity contribution in [2.45, 2.75) is 45.6 Å². The number of aliphatic carboxylic acids is 1. The molecule has 1 unspecified atom stereocenters. The zero-order valence-electron chi connectivity index (χ0n) is 12.4. The molecule has 0 aliphatic carbocycles. The topological polar surface area (TPSA) is 75.6 Å². The number of unbranched alkanes of at least 4 members (excludes halogenated alkanes) is 2. The number of amides is 1. The van der Waals surface area contributed by atoms with Crippen molar-refractivity contribution >= 4 is 11.9 Å². The van der Waals surface area contributed by atoms with Gasteiger partial charge < -0.3 is 5.11 Å². The Morgan fingerprint density at radius 1 is 1.24 bits per heavy atom. The maximum absolute atomic E-state index is 11.7. The van der Waals surface area contributed by atoms with Crippen molar-refractivity contribution in [1.29, 1.82) is 0 Å². The molecule has 0 heterocycles. The van der Waals surface area contributed by atoms with Gasteiger partial charge >= 0.3 is 5.97 Å². The third kappa shape index (κ3) is 7.46. The van der Waals surface area contributed by atoms with E-state index in [0.717, 1.165) is 24.8 Å². The summed E-state index contributed by atoms with van der Waals surface area (Å²) in [5.74, 6) is -1.96. The second-order valence-corrected chi connectivity index (χ2v) is 5.03. The standard InChI is InChI=1S/C16H23NO4/c1-2-3-5-10-14(16(19)20)11-15(18)17-21-12-13-8-6-4-7-9-13/h4,6-9,14H,2-3,5,10-12H2,1H3,(H,17,18)(H,19,20). The van der Waals surface area contributed by atoms with Crippen molar-refractivity contribution in [2.75, 3.05) is 0 Å². The van der Waals surface area contributed by atoms with Crippen LogP contribution in [0.3, 0.4) is 0 Å². The van der Waals surface area contributed by atoms with E-state index in [1.807, 2.05) is 30.3 Å². The highest BCUT2D eigenvalue weighted by Gasteiger charge is 2.20. The first-order chi connectivity index (χ1) is 10.1. The predicted octanol–water partition coefficient (Wildman–Crippen LogP) is 2.91. The SMILES string of the molecule is CCCCCC(CC(=O)NOCc1ccccc1)C(=O)O. The summed E-state index contributed by atoms with van der Waals surface area (Å²) in [4.78, 5) is 27.9. The normalized spacial score (nSPS) is 11.9. The summed E-state index contributed by atoms with van der Waals surface area (Å²) >= 11 is 0. The van der Waals surface area contributed by atoms with Crippen LogP contribution in [0.1, 0.15) is 44.6 Å². The second kappa shape index (κ2) is 9.94. The van der Waals surface area contributed by atoms with Gasteiger partial charge in [-0.2, -0.15) is 0 Å². The molecule has 1 amide bonds. The molecule has 1 aromatic carbocycles. The van der Waals surface area contributed by atoms with E-state index >= 15 is 0 Å². The highest BCUT2D eigenvalue weighted by atomic mass is 16.6. The molecule has 1 atom stereocenters. The van der Waals surface area contributed by atoms with Crippen molar-refractivity contribution in [3.05, 3.63) is 35.9 Å². The monoisotopic (exact) mass is 293 g/mol. The lowest BCUT2D eigenvalue weighted by atomic mass is 9.98. The van der Waals surface area contributed by atoms with Crippen LogP contribution in [0.4, 0.5) is 0 Å². The largest absolute Gasteiger partial charge is 0.481 e. The Hall–Kier alpha value is -1.88. The Labute approximate surface area is 125 Å². The minimum atomic E-state index is -0.927. The molecule has 2 N–H and O–H groups in total. The Morgan fingerprint density at radius 3 is 2.57 bits per heavy atom. The van der Waals surface area contributed by atoms with Crippen molar-refractivity contribution < 1.29 is 19.5 Å². The first-order valence-corrected chi connectivity index (χ1v) is 7.30.